The maximum Gasteiger partial charge on any atom is 0.271 e. The van der Waals surface area contributed by atoms with Gasteiger partial charge in [-0.2, -0.15) is 4.37 Å². The fourth-order valence-electron chi connectivity index (χ4n) is 5.18. The fraction of sp³-hybridized carbons (Fsp3) is 0.483. The number of carbonyl (C=O) groups excluding carboxylic acids is 2. The van der Waals surface area contributed by atoms with Crippen LogP contribution in [0, 0.1) is 0 Å². The minimum Gasteiger partial charge on any atom is -0.383 e. The minimum absolute atomic E-state index is 0.0299. The SMILES string of the molecule is COCCN(C)Cc1cc(Nc2nc(N3CCC[C@@H](NC(=O)c4ccc(C5CC5)cc4)[C@H]3C)cnc2C(N)=O)sn1. The largest absolute Gasteiger partial charge is 0.383 e. The number of nitrogens with zero attached hydrogens (tertiary/aromatic N) is 5. The van der Waals surface area contributed by atoms with Crippen molar-refractivity contribution in [3.05, 3.63) is 59.0 Å². The Labute approximate surface area is 244 Å². The lowest BCUT2D eigenvalue weighted by molar-refractivity contribution is 0.0923. The second-order valence-corrected chi connectivity index (χ2v) is 11.7. The number of amides is 2. The van der Waals surface area contributed by atoms with Crippen molar-refractivity contribution in [1.29, 1.82) is 0 Å². The molecule has 1 aliphatic carbocycles. The Morgan fingerprint density at radius 1 is 1.22 bits per heavy atom. The van der Waals surface area contributed by atoms with Crippen molar-refractivity contribution in [2.24, 2.45) is 5.73 Å². The van der Waals surface area contributed by atoms with Crippen LogP contribution in [0.1, 0.15) is 70.6 Å². The molecule has 2 aromatic heterocycles. The summed E-state index contributed by atoms with van der Waals surface area (Å²) in [7, 11) is 3.69. The fourth-order valence-corrected chi connectivity index (χ4v) is 5.84. The van der Waals surface area contributed by atoms with E-state index in [2.05, 4.69) is 48.8 Å². The zero-order valence-electron chi connectivity index (χ0n) is 23.8. The molecule has 3 heterocycles. The van der Waals surface area contributed by atoms with E-state index >= 15 is 0 Å². The van der Waals surface area contributed by atoms with Crippen molar-refractivity contribution in [1.82, 2.24) is 24.6 Å². The molecular formula is C29H38N8O3S. The molecule has 1 saturated carbocycles. The summed E-state index contributed by atoms with van der Waals surface area (Å²) in [5.74, 6) is 0.817. The first-order valence-corrected chi connectivity index (χ1v) is 14.8. The third-order valence-corrected chi connectivity index (χ3v) is 8.47. The van der Waals surface area contributed by atoms with Gasteiger partial charge in [0.25, 0.3) is 11.8 Å². The van der Waals surface area contributed by atoms with Gasteiger partial charge in [0.1, 0.15) is 10.8 Å². The van der Waals surface area contributed by atoms with Crippen molar-refractivity contribution in [3.8, 4) is 0 Å². The van der Waals surface area contributed by atoms with Crippen LogP contribution in [0.2, 0.25) is 0 Å². The molecule has 41 heavy (non-hydrogen) atoms. The summed E-state index contributed by atoms with van der Waals surface area (Å²) in [6.07, 6.45) is 5.79. The number of carbonyl (C=O) groups is 2. The van der Waals surface area contributed by atoms with Crippen molar-refractivity contribution in [2.75, 3.05) is 44.1 Å². The van der Waals surface area contributed by atoms with E-state index < -0.39 is 5.91 Å². The average Bonchev–Trinajstić information content (AvgIpc) is 3.73. The molecule has 2 aliphatic rings. The van der Waals surface area contributed by atoms with E-state index in [0.29, 0.717) is 30.5 Å². The highest BCUT2D eigenvalue weighted by Crippen LogP contribution is 2.40. The number of ether oxygens (including phenoxy) is 1. The van der Waals surface area contributed by atoms with Crippen LogP contribution in [0.5, 0.6) is 0 Å². The molecule has 0 unspecified atom stereocenters. The number of primary amides is 1. The molecule has 1 saturated heterocycles. The Morgan fingerprint density at radius 3 is 2.71 bits per heavy atom. The second-order valence-electron chi connectivity index (χ2n) is 10.9. The first-order valence-electron chi connectivity index (χ1n) is 14.1. The van der Waals surface area contributed by atoms with Crippen LogP contribution in [-0.4, -0.2) is 77.0 Å². The van der Waals surface area contributed by atoms with Gasteiger partial charge < -0.3 is 26.0 Å². The number of piperidine rings is 1. The molecule has 1 aromatic carbocycles. The Bertz CT molecular complexity index is 1360. The molecule has 2 amide bonds. The van der Waals surface area contributed by atoms with Crippen LogP contribution in [0.25, 0.3) is 0 Å². The summed E-state index contributed by atoms with van der Waals surface area (Å²) < 4.78 is 9.66. The van der Waals surface area contributed by atoms with Gasteiger partial charge in [0.15, 0.2) is 11.5 Å². The third kappa shape index (κ3) is 7.19. The topological polar surface area (TPSA) is 139 Å². The standard InChI is InChI=1S/C29H38N8O3S/c1-18-23(32-29(39)21-10-8-20(9-11-21)19-6-7-19)5-4-12-37(18)24-16-31-26(27(30)38)28(33-24)34-25-15-22(35-41-25)17-36(2)13-14-40-3/h8-11,15-16,18-19,23H,4-7,12-14,17H2,1-3H3,(H2,30,38)(H,32,39)(H,33,34)/t18-,23-/m1/s1. The molecule has 0 bridgehead atoms. The van der Waals surface area contributed by atoms with Crippen molar-refractivity contribution < 1.29 is 14.3 Å². The number of benzene rings is 1. The van der Waals surface area contributed by atoms with E-state index in [9.17, 15) is 9.59 Å². The molecule has 5 rings (SSSR count). The maximum absolute atomic E-state index is 13.1. The molecule has 12 heteroatoms. The van der Waals surface area contributed by atoms with Crippen LogP contribution in [0.15, 0.2) is 36.5 Å². The number of hydrogen-bond donors (Lipinski definition) is 3. The molecule has 218 valence electrons. The lowest BCUT2D eigenvalue weighted by Crippen LogP contribution is -2.54. The quantitative estimate of drug-likeness (QED) is 0.295. The molecule has 1 aliphatic heterocycles. The molecule has 3 aromatic rings. The molecule has 4 N–H and O–H groups in total. The number of aromatic nitrogens is 3. The number of nitrogens with two attached hydrogens (primary N) is 1. The van der Waals surface area contributed by atoms with Crippen molar-refractivity contribution in [3.63, 3.8) is 0 Å². The van der Waals surface area contributed by atoms with Gasteiger partial charge in [-0.05, 0) is 80.9 Å². The smallest absolute Gasteiger partial charge is 0.271 e. The zero-order chi connectivity index (χ0) is 28.9. The first kappa shape index (κ1) is 28.9. The number of hydrogen-bond acceptors (Lipinski definition) is 10. The Kier molecular flexibility index (Phi) is 9.11. The summed E-state index contributed by atoms with van der Waals surface area (Å²) >= 11 is 1.28. The normalized spacial score (nSPS) is 18.9. The van der Waals surface area contributed by atoms with E-state index in [4.69, 9.17) is 15.5 Å². The predicted molar refractivity (Wildman–Crippen MR) is 160 cm³/mol. The predicted octanol–water partition coefficient (Wildman–Crippen LogP) is 3.52. The van der Waals surface area contributed by atoms with E-state index in [1.54, 1.807) is 13.3 Å². The Balaban J connectivity index is 1.27. The van der Waals surface area contributed by atoms with E-state index in [-0.39, 0.29) is 29.5 Å². The van der Waals surface area contributed by atoms with Crippen LogP contribution >= 0.6 is 11.5 Å². The van der Waals surface area contributed by atoms with Gasteiger partial charge in [0.2, 0.25) is 0 Å². The third-order valence-electron chi connectivity index (χ3n) is 7.72. The highest BCUT2D eigenvalue weighted by Gasteiger charge is 2.31. The van der Waals surface area contributed by atoms with Gasteiger partial charge in [-0.15, -0.1) is 0 Å². The van der Waals surface area contributed by atoms with Gasteiger partial charge in [0.05, 0.1) is 18.5 Å². The second kappa shape index (κ2) is 12.9. The first-order chi connectivity index (χ1) is 19.8. The van der Waals surface area contributed by atoms with E-state index in [0.717, 1.165) is 36.6 Å². The Morgan fingerprint density at radius 2 is 2.00 bits per heavy atom. The number of rotatable bonds is 12. The zero-order valence-corrected chi connectivity index (χ0v) is 24.6. The molecular weight excluding hydrogens is 540 g/mol. The van der Waals surface area contributed by atoms with Gasteiger partial charge in [0, 0.05) is 44.4 Å². The van der Waals surface area contributed by atoms with Crippen LogP contribution in [-0.2, 0) is 11.3 Å². The van der Waals surface area contributed by atoms with Gasteiger partial charge in [-0.25, -0.2) is 9.97 Å². The van der Waals surface area contributed by atoms with Gasteiger partial charge in [-0.1, -0.05) is 12.1 Å². The number of methoxy groups -OCH3 is 1. The highest BCUT2D eigenvalue weighted by atomic mass is 32.1. The monoisotopic (exact) mass is 578 g/mol. The van der Waals surface area contributed by atoms with Crippen LogP contribution in [0.4, 0.5) is 16.6 Å². The van der Waals surface area contributed by atoms with Crippen LogP contribution in [0.3, 0.4) is 0 Å². The molecule has 0 radical (unpaired) electrons. The lowest BCUT2D eigenvalue weighted by Gasteiger charge is -2.40. The van der Waals surface area contributed by atoms with Gasteiger partial charge in [-0.3, -0.25) is 14.5 Å². The Hall–Kier alpha value is -3.61. The van der Waals surface area contributed by atoms with Crippen LogP contribution < -0.4 is 21.3 Å². The molecule has 11 nitrogen and oxygen atoms in total. The summed E-state index contributed by atoms with van der Waals surface area (Å²) in [6, 6.07) is 9.81. The highest BCUT2D eigenvalue weighted by molar-refractivity contribution is 7.10. The molecule has 0 spiro atoms. The lowest BCUT2D eigenvalue weighted by atomic mass is 9.97. The summed E-state index contributed by atoms with van der Waals surface area (Å²) in [6.45, 7) is 4.93. The van der Waals surface area contributed by atoms with Crippen molar-refractivity contribution >= 4 is 40.0 Å². The maximum atomic E-state index is 13.1. The van der Waals surface area contributed by atoms with E-state index in [1.807, 2.05) is 25.2 Å². The molecule has 2 fully saturated rings. The summed E-state index contributed by atoms with van der Waals surface area (Å²) in [5.41, 5.74) is 8.57. The van der Waals surface area contributed by atoms with Crippen molar-refractivity contribution in [2.45, 2.75) is 57.2 Å². The average molecular weight is 579 g/mol. The van der Waals surface area contributed by atoms with E-state index in [1.165, 1.54) is 29.9 Å². The number of anilines is 3. The molecule has 2 atom stereocenters. The number of likely N-dealkylation sites (N-methyl/N-ethyl adjacent to an activating group) is 1. The van der Waals surface area contributed by atoms with Gasteiger partial charge >= 0.3 is 0 Å². The number of nitrogens with one attached hydrogen (secondary N) is 2. The minimum atomic E-state index is -0.667. The summed E-state index contributed by atoms with van der Waals surface area (Å²) in [4.78, 5) is 38.6. The summed E-state index contributed by atoms with van der Waals surface area (Å²) in [5, 5.41) is 7.17.